The first-order chi connectivity index (χ1) is 8.16. The zero-order valence-corrected chi connectivity index (χ0v) is 10.2. The van der Waals surface area contributed by atoms with Crippen LogP contribution in [0.2, 0.25) is 0 Å². The Morgan fingerprint density at radius 2 is 2.06 bits per heavy atom. The van der Waals surface area contributed by atoms with E-state index in [-0.39, 0.29) is 5.78 Å². The maximum atomic E-state index is 11.8. The van der Waals surface area contributed by atoms with E-state index in [0.29, 0.717) is 18.8 Å². The van der Waals surface area contributed by atoms with Crippen LogP contribution in [-0.2, 0) is 11.2 Å². The predicted molar refractivity (Wildman–Crippen MR) is 67.7 cm³/mol. The molecule has 0 fully saturated rings. The quantitative estimate of drug-likeness (QED) is 0.808. The number of nitrogens with zero attached hydrogens (tertiary/aromatic N) is 2. The van der Waals surface area contributed by atoms with Crippen LogP contribution in [0.1, 0.15) is 25.8 Å². The normalized spacial score (nSPS) is 11.0. The van der Waals surface area contributed by atoms with Gasteiger partial charge in [-0.1, -0.05) is 32.0 Å². The van der Waals surface area contributed by atoms with E-state index in [9.17, 15) is 4.79 Å². The van der Waals surface area contributed by atoms with Crippen LogP contribution in [-0.4, -0.2) is 16.0 Å². The number of ketones is 1. The fourth-order valence-electron chi connectivity index (χ4n) is 1.94. The first-order valence-corrected chi connectivity index (χ1v) is 5.88. The average molecular weight is 228 g/mol. The maximum Gasteiger partial charge on any atom is 0.137 e. The molecule has 1 aromatic carbocycles. The number of carbonyl (C=O) groups excluding carboxylic acids is 1. The molecule has 0 radical (unpaired) electrons. The van der Waals surface area contributed by atoms with Crippen molar-refractivity contribution in [2.75, 3.05) is 0 Å². The summed E-state index contributed by atoms with van der Waals surface area (Å²) in [5, 5.41) is 9.02. The SMILES string of the molecule is CC(C)CC(=O)Cc1cnnc2ccccc12. The van der Waals surface area contributed by atoms with Crippen molar-refractivity contribution in [1.29, 1.82) is 0 Å². The molecule has 88 valence electrons. The van der Waals surface area contributed by atoms with Crippen LogP contribution in [0, 0.1) is 5.92 Å². The van der Waals surface area contributed by atoms with Gasteiger partial charge >= 0.3 is 0 Å². The molecule has 1 heterocycles. The Morgan fingerprint density at radius 1 is 1.29 bits per heavy atom. The van der Waals surface area contributed by atoms with Crippen LogP contribution in [0.25, 0.3) is 10.9 Å². The van der Waals surface area contributed by atoms with E-state index in [1.165, 1.54) is 0 Å². The molecule has 0 aliphatic heterocycles. The average Bonchev–Trinajstić information content (AvgIpc) is 2.28. The lowest BCUT2D eigenvalue weighted by atomic mass is 10.00. The minimum Gasteiger partial charge on any atom is -0.299 e. The van der Waals surface area contributed by atoms with Crippen molar-refractivity contribution < 1.29 is 4.79 Å². The Hall–Kier alpha value is -1.77. The molecule has 0 aliphatic rings. The van der Waals surface area contributed by atoms with Crippen LogP contribution in [0.15, 0.2) is 30.5 Å². The number of carbonyl (C=O) groups is 1. The summed E-state index contributed by atoms with van der Waals surface area (Å²) in [4.78, 5) is 11.8. The Bertz CT molecular complexity index is 529. The molecule has 1 aromatic heterocycles. The number of rotatable bonds is 4. The second-order valence-corrected chi connectivity index (χ2v) is 4.70. The van der Waals surface area contributed by atoms with Crippen molar-refractivity contribution >= 4 is 16.7 Å². The second-order valence-electron chi connectivity index (χ2n) is 4.70. The van der Waals surface area contributed by atoms with Gasteiger partial charge in [-0.05, 0) is 17.5 Å². The summed E-state index contributed by atoms with van der Waals surface area (Å²) < 4.78 is 0. The molecule has 0 atom stereocenters. The van der Waals surface area contributed by atoms with E-state index in [0.717, 1.165) is 16.5 Å². The van der Waals surface area contributed by atoms with Gasteiger partial charge in [-0.25, -0.2) is 0 Å². The van der Waals surface area contributed by atoms with E-state index in [2.05, 4.69) is 24.0 Å². The minimum absolute atomic E-state index is 0.262. The van der Waals surface area contributed by atoms with Gasteiger partial charge in [-0.2, -0.15) is 10.2 Å². The van der Waals surface area contributed by atoms with Crippen LogP contribution >= 0.6 is 0 Å². The Balaban J connectivity index is 2.27. The fourth-order valence-corrected chi connectivity index (χ4v) is 1.94. The minimum atomic E-state index is 0.262. The summed E-state index contributed by atoms with van der Waals surface area (Å²) >= 11 is 0. The number of hydrogen-bond donors (Lipinski definition) is 0. The van der Waals surface area contributed by atoms with Gasteiger partial charge < -0.3 is 0 Å². The molecular weight excluding hydrogens is 212 g/mol. The highest BCUT2D eigenvalue weighted by Crippen LogP contribution is 2.16. The standard InChI is InChI=1S/C14H16N2O/c1-10(2)7-12(17)8-11-9-15-16-14-6-4-3-5-13(11)14/h3-6,9-10H,7-8H2,1-2H3. The Morgan fingerprint density at radius 3 is 2.82 bits per heavy atom. The van der Waals surface area contributed by atoms with E-state index in [1.807, 2.05) is 24.3 Å². The van der Waals surface area contributed by atoms with E-state index in [4.69, 9.17) is 0 Å². The van der Waals surface area contributed by atoms with Crippen LogP contribution < -0.4 is 0 Å². The third-order valence-electron chi connectivity index (χ3n) is 2.65. The molecule has 0 saturated carbocycles. The molecular formula is C14H16N2O. The highest BCUT2D eigenvalue weighted by atomic mass is 16.1. The van der Waals surface area contributed by atoms with Crippen molar-refractivity contribution in [3.63, 3.8) is 0 Å². The first kappa shape index (κ1) is 11.7. The van der Waals surface area contributed by atoms with Crippen molar-refractivity contribution in [1.82, 2.24) is 10.2 Å². The number of benzene rings is 1. The predicted octanol–water partition coefficient (Wildman–Crippen LogP) is 2.79. The molecule has 2 rings (SSSR count). The molecule has 0 bridgehead atoms. The van der Waals surface area contributed by atoms with Gasteiger partial charge in [0.2, 0.25) is 0 Å². The van der Waals surface area contributed by atoms with Crippen molar-refractivity contribution in [3.8, 4) is 0 Å². The lowest BCUT2D eigenvalue weighted by molar-refractivity contribution is -0.119. The van der Waals surface area contributed by atoms with Crippen molar-refractivity contribution in [3.05, 3.63) is 36.0 Å². The van der Waals surface area contributed by atoms with Gasteiger partial charge in [0.25, 0.3) is 0 Å². The van der Waals surface area contributed by atoms with Gasteiger partial charge in [0.15, 0.2) is 0 Å². The third kappa shape index (κ3) is 2.87. The summed E-state index contributed by atoms with van der Waals surface area (Å²) in [7, 11) is 0. The summed E-state index contributed by atoms with van der Waals surface area (Å²) in [5.41, 5.74) is 1.82. The zero-order chi connectivity index (χ0) is 12.3. The van der Waals surface area contributed by atoms with Gasteiger partial charge in [-0.3, -0.25) is 4.79 Å². The fraction of sp³-hybridized carbons (Fsp3) is 0.357. The molecule has 0 amide bonds. The lowest BCUT2D eigenvalue weighted by Gasteiger charge is -2.06. The molecule has 2 aromatic rings. The highest BCUT2D eigenvalue weighted by Gasteiger charge is 2.09. The van der Waals surface area contributed by atoms with E-state index < -0.39 is 0 Å². The maximum absolute atomic E-state index is 11.8. The molecule has 0 aliphatic carbocycles. The van der Waals surface area contributed by atoms with Gasteiger partial charge in [0.05, 0.1) is 11.7 Å². The molecule has 3 heteroatoms. The summed E-state index contributed by atoms with van der Waals surface area (Å²) in [6.45, 7) is 4.11. The van der Waals surface area contributed by atoms with E-state index in [1.54, 1.807) is 6.20 Å². The number of Topliss-reactive ketones (excluding diaryl/α,β-unsaturated/α-hetero) is 1. The Kier molecular flexibility index (Phi) is 3.47. The number of hydrogen-bond acceptors (Lipinski definition) is 3. The molecule has 0 spiro atoms. The smallest absolute Gasteiger partial charge is 0.137 e. The molecule has 0 saturated heterocycles. The largest absolute Gasteiger partial charge is 0.299 e. The number of aromatic nitrogens is 2. The monoisotopic (exact) mass is 228 g/mol. The summed E-state index contributed by atoms with van der Waals surface area (Å²) in [5.74, 6) is 0.668. The number of fused-ring (bicyclic) bond motifs is 1. The lowest BCUT2D eigenvalue weighted by Crippen LogP contribution is -2.07. The highest BCUT2D eigenvalue weighted by molar-refractivity contribution is 5.88. The summed E-state index contributed by atoms with van der Waals surface area (Å²) in [6, 6.07) is 7.79. The molecule has 0 N–H and O–H groups in total. The van der Waals surface area contributed by atoms with Gasteiger partial charge in [0.1, 0.15) is 5.78 Å². The molecule has 0 unspecified atom stereocenters. The Labute approximate surface area is 101 Å². The first-order valence-electron chi connectivity index (χ1n) is 5.88. The van der Waals surface area contributed by atoms with Gasteiger partial charge in [-0.15, -0.1) is 0 Å². The third-order valence-corrected chi connectivity index (χ3v) is 2.65. The van der Waals surface area contributed by atoms with Crippen LogP contribution in [0.4, 0.5) is 0 Å². The zero-order valence-electron chi connectivity index (χ0n) is 10.2. The topological polar surface area (TPSA) is 42.9 Å². The van der Waals surface area contributed by atoms with Crippen LogP contribution in [0.3, 0.4) is 0 Å². The van der Waals surface area contributed by atoms with Crippen molar-refractivity contribution in [2.24, 2.45) is 5.92 Å². The van der Waals surface area contributed by atoms with Crippen molar-refractivity contribution in [2.45, 2.75) is 26.7 Å². The molecule has 17 heavy (non-hydrogen) atoms. The van der Waals surface area contributed by atoms with E-state index >= 15 is 0 Å². The van der Waals surface area contributed by atoms with Crippen LogP contribution in [0.5, 0.6) is 0 Å². The molecule has 3 nitrogen and oxygen atoms in total. The van der Waals surface area contributed by atoms with Gasteiger partial charge in [0, 0.05) is 18.2 Å². The summed E-state index contributed by atoms with van der Waals surface area (Å²) in [6.07, 6.45) is 2.77. The second kappa shape index (κ2) is 5.04.